The Morgan fingerprint density at radius 1 is 1.53 bits per heavy atom. The molecule has 0 radical (unpaired) electrons. The van der Waals surface area contributed by atoms with Gasteiger partial charge in [-0.1, -0.05) is 0 Å². The Morgan fingerprint density at radius 2 is 2.24 bits per heavy atom. The number of nitrogens with zero attached hydrogens (tertiary/aromatic N) is 1. The van der Waals surface area contributed by atoms with Crippen molar-refractivity contribution in [2.24, 2.45) is 0 Å². The third-order valence-corrected chi connectivity index (χ3v) is 2.22. The Hall–Kier alpha value is -1.69. The van der Waals surface area contributed by atoms with Gasteiger partial charge in [-0.3, -0.25) is 10.1 Å². The monoisotopic (exact) mass is 242 g/mol. The van der Waals surface area contributed by atoms with Gasteiger partial charge in [0.15, 0.2) is 0 Å². The largest absolute Gasteiger partial charge is 0.393 e. The molecular formula is C11H15FN2O3. The molecule has 1 rings (SSSR count). The molecule has 0 aromatic heterocycles. The maximum Gasteiger partial charge on any atom is 0.274 e. The number of rotatable bonds is 6. The highest BCUT2D eigenvalue weighted by molar-refractivity contribution is 5.51. The number of nitro groups is 1. The van der Waals surface area contributed by atoms with Gasteiger partial charge in [-0.05, 0) is 25.8 Å². The van der Waals surface area contributed by atoms with Crippen LogP contribution in [0.25, 0.3) is 0 Å². The minimum Gasteiger partial charge on any atom is -0.393 e. The van der Waals surface area contributed by atoms with Crippen LogP contribution in [0.2, 0.25) is 0 Å². The van der Waals surface area contributed by atoms with Crippen LogP contribution in [-0.4, -0.2) is 22.7 Å². The molecule has 94 valence electrons. The number of aliphatic hydroxyl groups excluding tert-OH is 1. The van der Waals surface area contributed by atoms with E-state index in [1.807, 2.05) is 0 Å². The molecule has 1 aromatic rings. The van der Waals surface area contributed by atoms with Crippen molar-refractivity contribution >= 4 is 11.4 Å². The lowest BCUT2D eigenvalue weighted by Crippen LogP contribution is -2.06. The van der Waals surface area contributed by atoms with Crippen LogP contribution in [-0.2, 0) is 0 Å². The van der Waals surface area contributed by atoms with Gasteiger partial charge in [0.05, 0.1) is 17.1 Å². The highest BCUT2D eigenvalue weighted by Crippen LogP contribution is 2.19. The van der Waals surface area contributed by atoms with E-state index in [0.717, 1.165) is 6.07 Å². The first kappa shape index (κ1) is 13.4. The summed E-state index contributed by atoms with van der Waals surface area (Å²) in [7, 11) is 0. The highest BCUT2D eigenvalue weighted by Gasteiger charge is 2.09. The smallest absolute Gasteiger partial charge is 0.274 e. The molecule has 1 unspecified atom stereocenters. The summed E-state index contributed by atoms with van der Waals surface area (Å²) in [4.78, 5) is 9.87. The summed E-state index contributed by atoms with van der Waals surface area (Å²) in [5.74, 6) is -0.641. The number of benzene rings is 1. The van der Waals surface area contributed by atoms with Gasteiger partial charge >= 0.3 is 0 Å². The normalized spacial score (nSPS) is 12.2. The van der Waals surface area contributed by atoms with Crippen molar-refractivity contribution in [2.45, 2.75) is 25.9 Å². The average molecular weight is 242 g/mol. The predicted molar refractivity (Wildman–Crippen MR) is 62.5 cm³/mol. The number of halogens is 1. The summed E-state index contributed by atoms with van der Waals surface area (Å²) < 4.78 is 13.0. The molecule has 0 spiro atoms. The SMILES string of the molecule is CC(O)CCCNc1cc(F)cc([N+](=O)[O-])c1. The number of nitrogens with one attached hydrogen (secondary N) is 1. The van der Waals surface area contributed by atoms with E-state index in [1.54, 1.807) is 6.92 Å². The molecule has 1 atom stereocenters. The van der Waals surface area contributed by atoms with Gasteiger partial charge in [-0.15, -0.1) is 0 Å². The Bertz CT molecular complexity index is 396. The van der Waals surface area contributed by atoms with Gasteiger partial charge in [0.25, 0.3) is 5.69 Å². The molecule has 0 fully saturated rings. The van der Waals surface area contributed by atoms with Crippen LogP contribution < -0.4 is 5.32 Å². The molecule has 5 nitrogen and oxygen atoms in total. The molecule has 0 bridgehead atoms. The first-order valence-electron chi connectivity index (χ1n) is 5.36. The molecule has 0 aliphatic carbocycles. The molecule has 2 N–H and O–H groups in total. The van der Waals surface area contributed by atoms with Crippen molar-refractivity contribution in [3.63, 3.8) is 0 Å². The third kappa shape index (κ3) is 4.78. The van der Waals surface area contributed by atoms with Crippen molar-refractivity contribution in [2.75, 3.05) is 11.9 Å². The van der Waals surface area contributed by atoms with Gasteiger partial charge in [0.1, 0.15) is 5.82 Å². The van der Waals surface area contributed by atoms with Crippen LogP contribution in [0.3, 0.4) is 0 Å². The lowest BCUT2D eigenvalue weighted by atomic mass is 10.2. The second kappa shape index (κ2) is 6.15. The molecule has 1 aromatic carbocycles. The highest BCUT2D eigenvalue weighted by atomic mass is 19.1. The quantitative estimate of drug-likeness (QED) is 0.456. The number of non-ortho nitro benzene ring substituents is 1. The molecule has 0 saturated carbocycles. The van der Waals surface area contributed by atoms with Gasteiger partial charge < -0.3 is 10.4 Å². The summed E-state index contributed by atoms with van der Waals surface area (Å²) in [6.07, 6.45) is 0.963. The van der Waals surface area contributed by atoms with E-state index >= 15 is 0 Å². The first-order valence-corrected chi connectivity index (χ1v) is 5.36. The molecule has 0 amide bonds. The van der Waals surface area contributed by atoms with E-state index < -0.39 is 10.7 Å². The fourth-order valence-electron chi connectivity index (χ4n) is 1.41. The summed E-state index contributed by atoms with van der Waals surface area (Å²) >= 11 is 0. The zero-order chi connectivity index (χ0) is 12.8. The Balaban J connectivity index is 2.56. The minimum absolute atomic E-state index is 0.275. The van der Waals surface area contributed by atoms with Gasteiger partial charge in [0, 0.05) is 18.3 Å². The number of anilines is 1. The van der Waals surface area contributed by atoms with Gasteiger partial charge in [0.2, 0.25) is 0 Å². The maximum absolute atomic E-state index is 13.0. The second-order valence-corrected chi connectivity index (χ2v) is 3.87. The molecule has 0 aliphatic heterocycles. The summed E-state index contributed by atoms with van der Waals surface area (Å²) in [6.45, 7) is 2.22. The van der Waals surface area contributed by atoms with E-state index in [0.29, 0.717) is 25.1 Å². The van der Waals surface area contributed by atoms with Crippen LogP contribution in [0, 0.1) is 15.9 Å². The van der Waals surface area contributed by atoms with E-state index in [2.05, 4.69) is 5.32 Å². The molecule has 0 aliphatic rings. The number of aliphatic hydroxyl groups is 1. The summed E-state index contributed by atoms with van der Waals surface area (Å²) in [6, 6.07) is 3.36. The Labute approximate surface area is 98.4 Å². The van der Waals surface area contributed by atoms with Crippen LogP contribution in [0.1, 0.15) is 19.8 Å². The zero-order valence-corrected chi connectivity index (χ0v) is 9.52. The van der Waals surface area contributed by atoms with Crippen molar-refractivity contribution < 1.29 is 14.4 Å². The van der Waals surface area contributed by atoms with Crippen molar-refractivity contribution in [3.8, 4) is 0 Å². The second-order valence-electron chi connectivity index (χ2n) is 3.87. The molecule has 6 heteroatoms. The lowest BCUT2D eigenvalue weighted by Gasteiger charge is -2.07. The number of nitro benzene ring substituents is 1. The number of hydrogen-bond donors (Lipinski definition) is 2. The molecule has 0 saturated heterocycles. The molecular weight excluding hydrogens is 227 g/mol. The van der Waals surface area contributed by atoms with Crippen LogP contribution in [0.5, 0.6) is 0 Å². The zero-order valence-electron chi connectivity index (χ0n) is 9.52. The summed E-state index contributed by atoms with van der Waals surface area (Å²) in [5.41, 5.74) is 0.102. The minimum atomic E-state index is -0.641. The fraction of sp³-hybridized carbons (Fsp3) is 0.455. The van der Waals surface area contributed by atoms with Crippen LogP contribution in [0.15, 0.2) is 18.2 Å². The van der Waals surface area contributed by atoms with Crippen molar-refractivity contribution in [1.82, 2.24) is 0 Å². The Kier molecular flexibility index (Phi) is 4.84. The van der Waals surface area contributed by atoms with Crippen molar-refractivity contribution in [1.29, 1.82) is 0 Å². The van der Waals surface area contributed by atoms with Crippen molar-refractivity contribution in [3.05, 3.63) is 34.1 Å². The van der Waals surface area contributed by atoms with E-state index in [9.17, 15) is 14.5 Å². The van der Waals surface area contributed by atoms with E-state index in [4.69, 9.17) is 5.11 Å². The number of hydrogen-bond acceptors (Lipinski definition) is 4. The van der Waals surface area contributed by atoms with Gasteiger partial charge in [-0.2, -0.15) is 0 Å². The van der Waals surface area contributed by atoms with E-state index in [1.165, 1.54) is 12.1 Å². The third-order valence-electron chi connectivity index (χ3n) is 2.22. The lowest BCUT2D eigenvalue weighted by molar-refractivity contribution is -0.385. The average Bonchev–Trinajstić information content (AvgIpc) is 2.23. The molecule has 0 heterocycles. The predicted octanol–water partition coefficient (Wildman–Crippen LogP) is 2.31. The van der Waals surface area contributed by atoms with Gasteiger partial charge in [-0.25, -0.2) is 4.39 Å². The van der Waals surface area contributed by atoms with Crippen LogP contribution in [0.4, 0.5) is 15.8 Å². The first-order chi connectivity index (χ1) is 7.99. The Morgan fingerprint density at radius 3 is 2.82 bits per heavy atom. The maximum atomic E-state index is 13.0. The van der Waals surface area contributed by atoms with E-state index in [-0.39, 0.29) is 11.8 Å². The van der Waals surface area contributed by atoms with Crippen LogP contribution >= 0.6 is 0 Å². The summed E-state index contributed by atoms with van der Waals surface area (Å²) in [5, 5.41) is 22.4. The fourth-order valence-corrected chi connectivity index (χ4v) is 1.41. The topological polar surface area (TPSA) is 75.4 Å². The molecule has 17 heavy (non-hydrogen) atoms. The standard InChI is InChI=1S/C11H15FN2O3/c1-8(15)3-2-4-13-10-5-9(12)6-11(7-10)14(16)17/h5-8,13,15H,2-4H2,1H3.